The summed E-state index contributed by atoms with van der Waals surface area (Å²) in [5.41, 5.74) is 0.321. The molecule has 0 spiro atoms. The zero-order chi connectivity index (χ0) is 14.5. The van der Waals surface area contributed by atoms with Gasteiger partial charge in [-0.25, -0.2) is 9.07 Å². The molecule has 1 aromatic heterocycles. The number of carbonyl (C=O) groups is 2. The lowest BCUT2D eigenvalue weighted by Gasteiger charge is -2.03. The number of hydrogen-bond acceptors (Lipinski definition) is 4. The number of nitrogens with one attached hydrogen (secondary N) is 1. The number of aliphatic carboxylic acids is 1. The van der Waals surface area contributed by atoms with Gasteiger partial charge in [-0.05, 0) is 12.1 Å². The first kappa shape index (κ1) is 13.7. The summed E-state index contributed by atoms with van der Waals surface area (Å²) >= 11 is 0. The highest BCUT2D eigenvalue weighted by Crippen LogP contribution is 2.06. The second-order valence-electron chi connectivity index (χ2n) is 3.96. The van der Waals surface area contributed by atoms with E-state index in [0.29, 0.717) is 5.69 Å². The summed E-state index contributed by atoms with van der Waals surface area (Å²) in [5, 5.41) is 18.3. The number of benzene rings is 1. The van der Waals surface area contributed by atoms with Crippen LogP contribution < -0.4 is 5.32 Å². The van der Waals surface area contributed by atoms with Crippen molar-refractivity contribution in [1.29, 1.82) is 0 Å². The van der Waals surface area contributed by atoms with E-state index in [-0.39, 0.29) is 18.7 Å². The van der Waals surface area contributed by atoms with E-state index in [1.807, 2.05) is 0 Å². The molecular weight excluding hydrogens is 267 g/mol. The number of hydrogen-bond donors (Lipinski definition) is 2. The van der Waals surface area contributed by atoms with Crippen LogP contribution in [0.5, 0.6) is 0 Å². The molecular formula is C12H11FN4O3. The third kappa shape index (κ3) is 3.37. The van der Waals surface area contributed by atoms with Gasteiger partial charge in [0.2, 0.25) is 0 Å². The van der Waals surface area contributed by atoms with Gasteiger partial charge in [0, 0.05) is 0 Å². The summed E-state index contributed by atoms with van der Waals surface area (Å²) in [7, 11) is 0. The Morgan fingerprint density at radius 1 is 1.35 bits per heavy atom. The maximum atomic E-state index is 13.4. The second-order valence-corrected chi connectivity index (χ2v) is 3.96. The van der Waals surface area contributed by atoms with Gasteiger partial charge in [-0.3, -0.25) is 9.59 Å². The zero-order valence-corrected chi connectivity index (χ0v) is 10.3. The molecule has 0 bridgehead atoms. The molecule has 2 aromatic rings. The molecule has 1 heterocycles. The van der Waals surface area contributed by atoms with Gasteiger partial charge in [0.15, 0.2) is 0 Å². The molecule has 0 aliphatic carbocycles. The van der Waals surface area contributed by atoms with Gasteiger partial charge in [0.1, 0.15) is 18.1 Å². The van der Waals surface area contributed by atoms with Crippen LogP contribution in [0.25, 0.3) is 0 Å². The van der Waals surface area contributed by atoms with Gasteiger partial charge < -0.3 is 10.4 Å². The molecule has 8 heteroatoms. The Bertz CT molecular complexity index is 641. The van der Waals surface area contributed by atoms with E-state index in [9.17, 15) is 14.0 Å². The molecule has 0 aliphatic rings. The molecule has 0 unspecified atom stereocenters. The maximum Gasteiger partial charge on any atom is 0.325 e. The van der Waals surface area contributed by atoms with Crippen LogP contribution in [0.1, 0.15) is 16.1 Å². The molecule has 104 valence electrons. The first-order chi connectivity index (χ1) is 9.56. The van der Waals surface area contributed by atoms with Crippen LogP contribution in [0.3, 0.4) is 0 Å². The molecule has 0 saturated carbocycles. The Balaban J connectivity index is 1.95. The van der Waals surface area contributed by atoms with Gasteiger partial charge in [-0.15, -0.1) is 5.10 Å². The van der Waals surface area contributed by atoms with Crippen molar-refractivity contribution in [3.8, 4) is 0 Å². The average molecular weight is 278 g/mol. The topological polar surface area (TPSA) is 97.1 Å². The first-order valence-corrected chi connectivity index (χ1v) is 5.70. The Morgan fingerprint density at radius 3 is 2.80 bits per heavy atom. The Labute approximate surface area is 113 Å². The van der Waals surface area contributed by atoms with Crippen LogP contribution in [0.2, 0.25) is 0 Å². The van der Waals surface area contributed by atoms with E-state index in [4.69, 9.17) is 5.11 Å². The molecule has 0 atom stereocenters. The normalized spacial score (nSPS) is 10.2. The number of aromatic nitrogens is 3. The van der Waals surface area contributed by atoms with Crippen molar-refractivity contribution in [3.05, 3.63) is 47.5 Å². The number of halogens is 1. The van der Waals surface area contributed by atoms with E-state index >= 15 is 0 Å². The van der Waals surface area contributed by atoms with E-state index in [0.717, 1.165) is 4.68 Å². The van der Waals surface area contributed by atoms with E-state index in [1.54, 1.807) is 6.07 Å². The fourth-order valence-corrected chi connectivity index (χ4v) is 1.55. The Hall–Kier alpha value is -2.77. The molecule has 20 heavy (non-hydrogen) atoms. The fraction of sp³-hybridized carbons (Fsp3) is 0.167. The standard InChI is InChI=1S/C12H11FN4O3/c13-10-4-2-1-3-9(10)12(20)14-5-8-6-17(16-15-8)7-11(18)19/h1-4,6H,5,7H2,(H,14,20)(H,18,19). The monoisotopic (exact) mass is 278 g/mol. The lowest BCUT2D eigenvalue weighted by Crippen LogP contribution is -2.24. The number of carbonyl (C=O) groups excluding carboxylic acids is 1. The lowest BCUT2D eigenvalue weighted by molar-refractivity contribution is -0.137. The van der Waals surface area contributed by atoms with E-state index in [2.05, 4.69) is 15.6 Å². The van der Waals surface area contributed by atoms with Crippen LogP contribution in [0.4, 0.5) is 4.39 Å². The van der Waals surface area contributed by atoms with E-state index in [1.165, 1.54) is 24.4 Å². The summed E-state index contributed by atoms with van der Waals surface area (Å²) in [5.74, 6) is -2.23. The van der Waals surface area contributed by atoms with Gasteiger partial charge in [-0.1, -0.05) is 17.3 Å². The molecule has 1 aromatic carbocycles. The molecule has 2 N–H and O–H groups in total. The minimum absolute atomic E-state index is 0.0345. The number of nitrogens with zero attached hydrogens (tertiary/aromatic N) is 3. The average Bonchev–Trinajstić information content (AvgIpc) is 2.83. The largest absolute Gasteiger partial charge is 0.480 e. The first-order valence-electron chi connectivity index (χ1n) is 5.70. The van der Waals surface area contributed by atoms with Crippen molar-refractivity contribution in [2.24, 2.45) is 0 Å². The van der Waals surface area contributed by atoms with Crippen LogP contribution in [-0.2, 0) is 17.9 Å². The van der Waals surface area contributed by atoms with Gasteiger partial charge >= 0.3 is 5.97 Å². The SMILES string of the molecule is O=C(O)Cn1cc(CNC(=O)c2ccccc2F)nn1. The summed E-state index contributed by atoms with van der Waals surface area (Å²) in [6.07, 6.45) is 1.40. The smallest absolute Gasteiger partial charge is 0.325 e. The van der Waals surface area contributed by atoms with Gasteiger partial charge in [0.05, 0.1) is 18.3 Å². The van der Waals surface area contributed by atoms with E-state index < -0.39 is 17.7 Å². The molecule has 0 aliphatic heterocycles. The third-order valence-corrected chi connectivity index (χ3v) is 2.43. The summed E-state index contributed by atoms with van der Waals surface area (Å²) in [6, 6.07) is 5.61. The van der Waals surface area contributed by atoms with Crippen molar-refractivity contribution in [1.82, 2.24) is 20.3 Å². The molecule has 0 radical (unpaired) electrons. The number of carboxylic acids is 1. The molecule has 0 saturated heterocycles. The number of amides is 1. The van der Waals surface area contributed by atoms with Gasteiger partial charge in [-0.2, -0.15) is 0 Å². The highest BCUT2D eigenvalue weighted by atomic mass is 19.1. The lowest BCUT2D eigenvalue weighted by atomic mass is 10.2. The summed E-state index contributed by atoms with van der Waals surface area (Å²) in [6.45, 7) is -0.277. The van der Waals surface area contributed by atoms with Crippen LogP contribution in [-0.4, -0.2) is 32.0 Å². The molecule has 2 rings (SSSR count). The molecule has 7 nitrogen and oxygen atoms in total. The quantitative estimate of drug-likeness (QED) is 0.826. The highest BCUT2D eigenvalue weighted by molar-refractivity contribution is 5.94. The Morgan fingerprint density at radius 2 is 2.10 bits per heavy atom. The van der Waals surface area contributed by atoms with Crippen LogP contribution in [0.15, 0.2) is 30.5 Å². The highest BCUT2D eigenvalue weighted by Gasteiger charge is 2.11. The summed E-state index contributed by atoms with van der Waals surface area (Å²) < 4.78 is 14.5. The van der Waals surface area contributed by atoms with Gasteiger partial charge in [0.25, 0.3) is 5.91 Å². The van der Waals surface area contributed by atoms with Crippen molar-refractivity contribution >= 4 is 11.9 Å². The maximum absolute atomic E-state index is 13.4. The number of carboxylic acid groups (broad SMARTS) is 1. The predicted octanol–water partition coefficient (Wildman–Crippen LogP) is 0.432. The van der Waals surface area contributed by atoms with Crippen molar-refractivity contribution < 1.29 is 19.1 Å². The summed E-state index contributed by atoms with van der Waals surface area (Å²) in [4.78, 5) is 22.2. The fourth-order valence-electron chi connectivity index (χ4n) is 1.55. The van der Waals surface area contributed by atoms with Crippen molar-refractivity contribution in [3.63, 3.8) is 0 Å². The second kappa shape index (κ2) is 5.91. The number of rotatable bonds is 5. The van der Waals surface area contributed by atoms with Crippen molar-refractivity contribution in [2.45, 2.75) is 13.1 Å². The molecule has 0 fully saturated rings. The zero-order valence-electron chi connectivity index (χ0n) is 10.3. The minimum Gasteiger partial charge on any atom is -0.480 e. The Kier molecular flexibility index (Phi) is 4.04. The third-order valence-electron chi connectivity index (χ3n) is 2.43. The predicted molar refractivity (Wildman–Crippen MR) is 65.2 cm³/mol. The van der Waals surface area contributed by atoms with Crippen molar-refractivity contribution in [2.75, 3.05) is 0 Å². The van der Waals surface area contributed by atoms with Crippen LogP contribution >= 0.6 is 0 Å². The minimum atomic E-state index is -1.04. The molecule has 1 amide bonds. The van der Waals surface area contributed by atoms with Crippen LogP contribution in [0, 0.1) is 5.82 Å².